The summed E-state index contributed by atoms with van der Waals surface area (Å²) < 4.78 is 26.9. The molecule has 5 nitrogen and oxygen atoms in total. The second-order valence-electron chi connectivity index (χ2n) is 3.63. The predicted molar refractivity (Wildman–Crippen MR) is 58.4 cm³/mol. The first kappa shape index (κ1) is 13.5. The number of halogens is 2. The molecule has 3 N–H and O–H groups in total. The fourth-order valence-electron chi connectivity index (χ4n) is 1.25. The molecular formula is C10H13F2N3O2. The molecule has 0 saturated heterocycles. The van der Waals surface area contributed by atoms with Crippen LogP contribution in [0.3, 0.4) is 0 Å². The van der Waals surface area contributed by atoms with Crippen molar-refractivity contribution in [3.63, 3.8) is 0 Å². The summed E-state index contributed by atoms with van der Waals surface area (Å²) in [5.41, 5.74) is 4.25. The highest BCUT2D eigenvalue weighted by atomic mass is 19.1. The number of nitrogens with zero attached hydrogens (tertiary/aromatic N) is 1. The van der Waals surface area contributed by atoms with Crippen LogP contribution in [0.15, 0.2) is 12.1 Å². The lowest BCUT2D eigenvalue weighted by atomic mass is 10.1. The summed E-state index contributed by atoms with van der Waals surface area (Å²) in [5, 5.41) is 13.3. The molecule has 94 valence electrons. The van der Waals surface area contributed by atoms with Crippen molar-refractivity contribution in [1.82, 2.24) is 5.32 Å². The third kappa shape index (κ3) is 3.18. The first-order valence-corrected chi connectivity index (χ1v) is 5.02. The lowest BCUT2D eigenvalue weighted by molar-refractivity contribution is -0.387. The Kier molecular flexibility index (Phi) is 4.47. The van der Waals surface area contributed by atoms with E-state index >= 15 is 0 Å². The average Bonchev–Trinajstić information content (AvgIpc) is 2.27. The Morgan fingerprint density at radius 2 is 2.18 bits per heavy atom. The molecule has 0 radical (unpaired) electrons. The van der Waals surface area contributed by atoms with E-state index in [4.69, 9.17) is 5.73 Å². The van der Waals surface area contributed by atoms with E-state index < -0.39 is 22.2 Å². The van der Waals surface area contributed by atoms with Crippen molar-refractivity contribution in [2.45, 2.75) is 19.5 Å². The predicted octanol–water partition coefficient (Wildman–Crippen LogP) is 1.31. The maximum atomic E-state index is 13.6. The van der Waals surface area contributed by atoms with E-state index in [1.54, 1.807) is 6.92 Å². The molecule has 1 atom stereocenters. The smallest absolute Gasteiger partial charge is 0.305 e. The maximum Gasteiger partial charge on any atom is 0.305 e. The summed E-state index contributed by atoms with van der Waals surface area (Å²) in [5.74, 6) is -1.96. The first-order chi connectivity index (χ1) is 7.97. The van der Waals surface area contributed by atoms with Gasteiger partial charge in [0.25, 0.3) is 0 Å². The van der Waals surface area contributed by atoms with Gasteiger partial charge < -0.3 is 11.1 Å². The number of nitrogens with one attached hydrogen (secondary N) is 1. The molecule has 0 aliphatic carbocycles. The Labute approximate surface area is 96.8 Å². The molecule has 0 aliphatic heterocycles. The Bertz CT molecular complexity index is 426. The van der Waals surface area contributed by atoms with Crippen molar-refractivity contribution in [2.24, 2.45) is 5.73 Å². The second kappa shape index (κ2) is 5.65. The highest BCUT2D eigenvalue weighted by molar-refractivity contribution is 5.37. The molecule has 7 heteroatoms. The van der Waals surface area contributed by atoms with Gasteiger partial charge in [-0.2, -0.15) is 4.39 Å². The molecule has 1 rings (SSSR count). The number of nitro groups is 1. The number of nitrogens with two attached hydrogens (primary N) is 1. The zero-order chi connectivity index (χ0) is 13.0. The van der Waals surface area contributed by atoms with Crippen LogP contribution in [-0.2, 0) is 6.54 Å². The van der Waals surface area contributed by atoms with Crippen molar-refractivity contribution >= 4 is 5.69 Å². The minimum absolute atomic E-state index is 0.131. The highest BCUT2D eigenvalue weighted by Gasteiger charge is 2.21. The molecule has 0 aromatic heterocycles. The van der Waals surface area contributed by atoms with Crippen LogP contribution in [-0.4, -0.2) is 17.5 Å². The van der Waals surface area contributed by atoms with E-state index in [2.05, 4.69) is 5.32 Å². The van der Waals surface area contributed by atoms with Crippen molar-refractivity contribution < 1.29 is 13.7 Å². The van der Waals surface area contributed by atoms with E-state index in [1.165, 1.54) is 0 Å². The summed E-state index contributed by atoms with van der Waals surface area (Å²) in [6.07, 6.45) is 0. The molecule has 1 aromatic carbocycles. The number of rotatable bonds is 5. The van der Waals surface area contributed by atoms with Crippen molar-refractivity contribution in [3.8, 4) is 0 Å². The van der Waals surface area contributed by atoms with Crippen LogP contribution in [0.5, 0.6) is 0 Å². The molecule has 0 saturated carbocycles. The van der Waals surface area contributed by atoms with Crippen molar-refractivity contribution in [1.29, 1.82) is 0 Å². The summed E-state index contributed by atoms with van der Waals surface area (Å²) in [4.78, 5) is 9.60. The first-order valence-electron chi connectivity index (χ1n) is 5.02. The van der Waals surface area contributed by atoms with Crippen molar-refractivity contribution in [3.05, 3.63) is 39.4 Å². The average molecular weight is 245 g/mol. The van der Waals surface area contributed by atoms with Gasteiger partial charge in [-0.05, 0) is 13.0 Å². The Morgan fingerprint density at radius 1 is 1.53 bits per heavy atom. The highest BCUT2D eigenvalue weighted by Crippen LogP contribution is 2.22. The topological polar surface area (TPSA) is 81.2 Å². The molecule has 0 unspecified atom stereocenters. The lowest BCUT2D eigenvalue weighted by Crippen LogP contribution is -2.33. The summed E-state index contributed by atoms with van der Waals surface area (Å²) in [7, 11) is 0. The fourth-order valence-corrected chi connectivity index (χ4v) is 1.25. The van der Waals surface area contributed by atoms with Gasteiger partial charge in [0.2, 0.25) is 5.82 Å². The number of benzene rings is 1. The molecule has 0 heterocycles. The molecule has 17 heavy (non-hydrogen) atoms. The monoisotopic (exact) mass is 245 g/mol. The van der Waals surface area contributed by atoms with E-state index in [-0.39, 0.29) is 18.2 Å². The van der Waals surface area contributed by atoms with E-state index in [0.717, 1.165) is 12.1 Å². The third-order valence-electron chi connectivity index (χ3n) is 2.34. The Morgan fingerprint density at radius 3 is 2.71 bits per heavy atom. The molecule has 0 bridgehead atoms. The van der Waals surface area contributed by atoms with Gasteiger partial charge in [0.05, 0.1) is 4.92 Å². The van der Waals surface area contributed by atoms with Gasteiger partial charge in [0.15, 0.2) is 0 Å². The largest absolute Gasteiger partial charge is 0.329 e. The molecule has 0 spiro atoms. The standard InChI is InChI=1S/C10H13F2N3O2/c1-6(4-13)14-5-7-8(11)2-3-9(10(7)12)15(16)17/h2-3,6,14H,4-5,13H2,1H3/t6-/m0/s1. The quantitative estimate of drug-likeness (QED) is 0.605. The Balaban J connectivity index is 2.97. The zero-order valence-electron chi connectivity index (χ0n) is 9.24. The lowest BCUT2D eigenvalue weighted by Gasteiger charge is -2.12. The molecular weight excluding hydrogens is 232 g/mol. The van der Waals surface area contributed by atoms with Gasteiger partial charge in [-0.3, -0.25) is 10.1 Å². The number of nitro benzene ring substituents is 1. The minimum Gasteiger partial charge on any atom is -0.329 e. The van der Waals surface area contributed by atoms with E-state index in [0.29, 0.717) is 6.54 Å². The van der Waals surface area contributed by atoms with Gasteiger partial charge in [0, 0.05) is 30.8 Å². The number of hydrogen-bond acceptors (Lipinski definition) is 4. The van der Waals surface area contributed by atoms with Crippen LogP contribution in [0, 0.1) is 21.7 Å². The van der Waals surface area contributed by atoms with Crippen LogP contribution in [0.1, 0.15) is 12.5 Å². The fraction of sp³-hybridized carbons (Fsp3) is 0.400. The summed E-state index contributed by atoms with van der Waals surface area (Å²) >= 11 is 0. The minimum atomic E-state index is -1.15. The summed E-state index contributed by atoms with van der Waals surface area (Å²) in [6, 6.07) is 1.55. The van der Waals surface area contributed by atoms with E-state index in [9.17, 15) is 18.9 Å². The van der Waals surface area contributed by atoms with Crippen LogP contribution < -0.4 is 11.1 Å². The third-order valence-corrected chi connectivity index (χ3v) is 2.34. The zero-order valence-corrected chi connectivity index (χ0v) is 9.24. The second-order valence-corrected chi connectivity index (χ2v) is 3.63. The molecule has 1 aromatic rings. The molecule has 0 fully saturated rings. The summed E-state index contributed by atoms with van der Waals surface area (Å²) in [6.45, 7) is 1.91. The maximum absolute atomic E-state index is 13.6. The van der Waals surface area contributed by atoms with Gasteiger partial charge in [-0.25, -0.2) is 4.39 Å². The van der Waals surface area contributed by atoms with Gasteiger partial charge in [-0.15, -0.1) is 0 Å². The van der Waals surface area contributed by atoms with E-state index in [1.807, 2.05) is 0 Å². The normalized spacial score (nSPS) is 12.5. The molecule has 0 amide bonds. The van der Waals surface area contributed by atoms with Crippen molar-refractivity contribution in [2.75, 3.05) is 6.54 Å². The van der Waals surface area contributed by atoms with Crippen LogP contribution in [0.4, 0.5) is 14.5 Å². The van der Waals surface area contributed by atoms with Gasteiger partial charge >= 0.3 is 5.69 Å². The number of hydrogen-bond donors (Lipinski definition) is 2. The Hall–Kier alpha value is -1.60. The van der Waals surface area contributed by atoms with Crippen LogP contribution in [0.2, 0.25) is 0 Å². The molecule has 0 aliphatic rings. The SMILES string of the molecule is C[C@@H](CN)NCc1c(F)ccc([N+](=O)[O-])c1F. The van der Waals surface area contributed by atoms with Gasteiger partial charge in [-0.1, -0.05) is 0 Å². The van der Waals surface area contributed by atoms with Crippen LogP contribution in [0.25, 0.3) is 0 Å². The van der Waals surface area contributed by atoms with Gasteiger partial charge in [0.1, 0.15) is 5.82 Å². The van der Waals surface area contributed by atoms with Crippen LogP contribution >= 0.6 is 0 Å².